The van der Waals surface area contributed by atoms with Crippen molar-refractivity contribution in [3.63, 3.8) is 0 Å². The van der Waals surface area contributed by atoms with Gasteiger partial charge in [0.05, 0.1) is 27.6 Å². The zero-order valence-corrected chi connectivity index (χ0v) is 14.5. The van der Waals surface area contributed by atoms with Crippen molar-refractivity contribution in [2.24, 2.45) is 4.99 Å². The fourth-order valence-electron chi connectivity index (χ4n) is 2.04. The predicted octanol–water partition coefficient (Wildman–Crippen LogP) is 6.30. The normalized spacial score (nSPS) is 11.2. The fourth-order valence-corrected chi connectivity index (χ4v) is 2.60. The molecule has 0 atom stereocenters. The lowest BCUT2D eigenvalue weighted by molar-refractivity contribution is 1.07. The van der Waals surface area contributed by atoms with E-state index in [1.165, 1.54) is 0 Å². The maximum atomic E-state index is 6.00. The Bertz CT molecular complexity index is 823. The molecule has 3 aromatic rings. The number of aliphatic imine (C=N–C) groups is 1. The molecule has 1 aromatic heterocycles. The van der Waals surface area contributed by atoms with Crippen LogP contribution in [-0.4, -0.2) is 10.8 Å². The predicted molar refractivity (Wildman–Crippen MR) is 97.2 cm³/mol. The average molecular weight is 394 g/mol. The Morgan fingerprint density at radius 1 is 0.955 bits per heavy atom. The van der Waals surface area contributed by atoms with Gasteiger partial charge >= 0.3 is 0 Å². The summed E-state index contributed by atoms with van der Waals surface area (Å²) in [4.78, 5) is 4.46. The molecule has 2 aromatic carbocycles. The molecule has 0 radical (unpaired) electrons. The van der Waals surface area contributed by atoms with E-state index in [-0.39, 0.29) is 0 Å². The Labute approximate surface area is 147 Å². The van der Waals surface area contributed by atoms with Crippen molar-refractivity contribution in [1.29, 1.82) is 0 Å². The Kier molecular flexibility index (Phi) is 4.67. The monoisotopic (exact) mass is 392 g/mol. The molecule has 0 bridgehead atoms. The van der Waals surface area contributed by atoms with Gasteiger partial charge in [-0.2, -0.15) is 0 Å². The first-order valence-electron chi connectivity index (χ1n) is 6.56. The van der Waals surface area contributed by atoms with Crippen LogP contribution in [0.15, 0.2) is 70.3 Å². The number of halogens is 3. The van der Waals surface area contributed by atoms with Gasteiger partial charge in [0, 0.05) is 16.4 Å². The number of rotatable bonds is 3. The summed E-state index contributed by atoms with van der Waals surface area (Å²) >= 11 is 15.3. The van der Waals surface area contributed by atoms with Crippen LogP contribution in [0.5, 0.6) is 0 Å². The van der Waals surface area contributed by atoms with E-state index in [2.05, 4.69) is 25.5 Å². The van der Waals surface area contributed by atoms with Crippen LogP contribution in [0.25, 0.3) is 5.69 Å². The van der Waals surface area contributed by atoms with Crippen LogP contribution in [0.2, 0.25) is 10.0 Å². The van der Waals surface area contributed by atoms with E-state index in [0.29, 0.717) is 10.0 Å². The highest BCUT2D eigenvalue weighted by Gasteiger charge is 2.02. The summed E-state index contributed by atoms with van der Waals surface area (Å²) in [5, 5.41) is 1.03. The van der Waals surface area contributed by atoms with Gasteiger partial charge in [-0.3, -0.25) is 4.99 Å². The largest absolute Gasteiger partial charge is 0.316 e. The highest BCUT2D eigenvalue weighted by atomic mass is 79.9. The summed E-state index contributed by atoms with van der Waals surface area (Å²) in [7, 11) is 0. The van der Waals surface area contributed by atoms with E-state index in [1.807, 2.05) is 54.9 Å². The standard InChI is InChI=1S/C17H11BrCl2N2/c18-12-3-6-14(7-4-12)22-9-1-2-15(22)11-21-13-5-8-16(19)17(20)10-13/h1-11H. The summed E-state index contributed by atoms with van der Waals surface area (Å²) in [6.45, 7) is 0. The Balaban J connectivity index is 1.90. The van der Waals surface area contributed by atoms with Crippen molar-refractivity contribution in [1.82, 2.24) is 4.57 Å². The van der Waals surface area contributed by atoms with Crippen molar-refractivity contribution >= 4 is 51.0 Å². The molecule has 0 unspecified atom stereocenters. The minimum absolute atomic E-state index is 0.500. The van der Waals surface area contributed by atoms with Gasteiger partial charge in [-0.1, -0.05) is 39.1 Å². The number of nitrogens with zero attached hydrogens (tertiary/aromatic N) is 2. The molecule has 22 heavy (non-hydrogen) atoms. The summed E-state index contributed by atoms with van der Waals surface area (Å²) in [6, 6.07) is 17.4. The summed E-state index contributed by atoms with van der Waals surface area (Å²) in [5.41, 5.74) is 2.81. The van der Waals surface area contributed by atoms with Gasteiger partial charge < -0.3 is 4.57 Å². The Morgan fingerprint density at radius 3 is 2.45 bits per heavy atom. The fraction of sp³-hybridized carbons (Fsp3) is 0. The van der Waals surface area contributed by atoms with E-state index < -0.39 is 0 Å². The van der Waals surface area contributed by atoms with Gasteiger partial charge in [0.15, 0.2) is 0 Å². The summed E-state index contributed by atoms with van der Waals surface area (Å²) < 4.78 is 3.11. The molecule has 2 nitrogen and oxygen atoms in total. The second-order valence-electron chi connectivity index (χ2n) is 4.64. The van der Waals surface area contributed by atoms with Crippen LogP contribution in [0.3, 0.4) is 0 Å². The van der Waals surface area contributed by atoms with Crippen molar-refractivity contribution < 1.29 is 0 Å². The molecule has 0 spiro atoms. The molecule has 0 saturated carbocycles. The van der Waals surface area contributed by atoms with E-state index in [9.17, 15) is 0 Å². The number of hydrogen-bond acceptors (Lipinski definition) is 1. The molecule has 0 aliphatic carbocycles. The Morgan fingerprint density at radius 2 is 1.73 bits per heavy atom. The average Bonchev–Trinajstić information content (AvgIpc) is 2.98. The molecule has 110 valence electrons. The van der Waals surface area contributed by atoms with Crippen LogP contribution in [-0.2, 0) is 0 Å². The third-order valence-corrected chi connectivity index (χ3v) is 4.40. The Hall–Kier alpha value is -1.55. The zero-order chi connectivity index (χ0) is 15.5. The van der Waals surface area contributed by atoms with E-state index in [4.69, 9.17) is 23.2 Å². The van der Waals surface area contributed by atoms with Crippen LogP contribution >= 0.6 is 39.1 Å². The molecule has 5 heteroatoms. The van der Waals surface area contributed by atoms with Gasteiger partial charge in [-0.05, 0) is 54.6 Å². The first-order valence-corrected chi connectivity index (χ1v) is 8.11. The van der Waals surface area contributed by atoms with Crippen molar-refractivity contribution in [2.45, 2.75) is 0 Å². The lowest BCUT2D eigenvalue weighted by atomic mass is 10.3. The van der Waals surface area contributed by atoms with E-state index in [1.54, 1.807) is 12.1 Å². The third kappa shape index (κ3) is 3.43. The molecular weight excluding hydrogens is 383 g/mol. The molecule has 0 saturated heterocycles. The quantitative estimate of drug-likeness (QED) is 0.464. The molecule has 0 aliphatic rings. The molecule has 0 N–H and O–H groups in total. The zero-order valence-electron chi connectivity index (χ0n) is 11.4. The van der Waals surface area contributed by atoms with Crippen LogP contribution in [0.1, 0.15) is 5.69 Å². The minimum Gasteiger partial charge on any atom is -0.316 e. The van der Waals surface area contributed by atoms with E-state index in [0.717, 1.165) is 21.5 Å². The van der Waals surface area contributed by atoms with Gasteiger partial charge in [0.2, 0.25) is 0 Å². The minimum atomic E-state index is 0.500. The smallest absolute Gasteiger partial charge is 0.0646 e. The van der Waals surface area contributed by atoms with Gasteiger partial charge in [0.25, 0.3) is 0 Å². The molecular formula is C17H11BrCl2N2. The number of aromatic nitrogens is 1. The molecule has 1 heterocycles. The van der Waals surface area contributed by atoms with Crippen molar-refractivity contribution in [3.8, 4) is 5.69 Å². The third-order valence-electron chi connectivity index (χ3n) is 3.13. The van der Waals surface area contributed by atoms with Crippen LogP contribution in [0.4, 0.5) is 5.69 Å². The number of benzene rings is 2. The molecule has 3 rings (SSSR count). The lowest BCUT2D eigenvalue weighted by Crippen LogP contribution is -1.97. The highest BCUT2D eigenvalue weighted by Crippen LogP contribution is 2.26. The topological polar surface area (TPSA) is 17.3 Å². The molecule has 0 fully saturated rings. The summed E-state index contributed by atoms with van der Waals surface area (Å²) in [5.74, 6) is 0. The van der Waals surface area contributed by atoms with E-state index >= 15 is 0 Å². The highest BCUT2D eigenvalue weighted by molar-refractivity contribution is 9.10. The first-order chi connectivity index (χ1) is 10.6. The second kappa shape index (κ2) is 6.69. The molecule has 0 aliphatic heterocycles. The summed E-state index contributed by atoms with van der Waals surface area (Å²) in [6.07, 6.45) is 3.81. The van der Waals surface area contributed by atoms with Crippen LogP contribution < -0.4 is 0 Å². The maximum absolute atomic E-state index is 6.00. The maximum Gasteiger partial charge on any atom is 0.0646 e. The van der Waals surface area contributed by atoms with Crippen LogP contribution in [0, 0.1) is 0 Å². The number of hydrogen-bond donors (Lipinski definition) is 0. The van der Waals surface area contributed by atoms with Crippen molar-refractivity contribution in [2.75, 3.05) is 0 Å². The second-order valence-corrected chi connectivity index (χ2v) is 6.37. The van der Waals surface area contributed by atoms with Gasteiger partial charge in [-0.25, -0.2) is 0 Å². The first kappa shape index (κ1) is 15.3. The molecule has 0 amide bonds. The van der Waals surface area contributed by atoms with Gasteiger partial charge in [0.1, 0.15) is 0 Å². The lowest BCUT2D eigenvalue weighted by Gasteiger charge is -2.06. The van der Waals surface area contributed by atoms with Gasteiger partial charge in [-0.15, -0.1) is 0 Å². The SMILES string of the molecule is Clc1ccc(N=Cc2cccn2-c2ccc(Br)cc2)cc1Cl. The van der Waals surface area contributed by atoms with Crippen molar-refractivity contribution in [3.05, 3.63) is 81.0 Å².